The molecule has 2 unspecified atom stereocenters. The van der Waals surface area contributed by atoms with Crippen LogP contribution in [0.3, 0.4) is 0 Å². The Balaban J connectivity index is 1.57. The number of hydrogen-bond acceptors (Lipinski definition) is 3. The second-order valence-electron chi connectivity index (χ2n) is 6.18. The SMILES string of the molecule is CC(=O)c1ccc(NC(=O)C2CC2C(=O)Nc2cc(Cl)ccc2Cl)cc1. The van der Waals surface area contributed by atoms with Crippen molar-refractivity contribution in [3.63, 3.8) is 0 Å². The van der Waals surface area contributed by atoms with Crippen molar-refractivity contribution < 1.29 is 14.4 Å². The van der Waals surface area contributed by atoms with E-state index in [9.17, 15) is 14.4 Å². The topological polar surface area (TPSA) is 75.3 Å². The minimum absolute atomic E-state index is 0.0403. The van der Waals surface area contributed by atoms with Gasteiger partial charge in [0.2, 0.25) is 11.8 Å². The molecule has 1 aliphatic carbocycles. The van der Waals surface area contributed by atoms with Gasteiger partial charge in [-0.15, -0.1) is 0 Å². The Kier molecular flexibility index (Phi) is 5.30. The highest BCUT2D eigenvalue weighted by Gasteiger charge is 2.48. The van der Waals surface area contributed by atoms with Crippen LogP contribution < -0.4 is 10.6 Å². The average Bonchev–Trinajstić information content (AvgIpc) is 3.39. The summed E-state index contributed by atoms with van der Waals surface area (Å²) in [7, 11) is 0. The number of nitrogens with one attached hydrogen (secondary N) is 2. The van der Waals surface area contributed by atoms with E-state index in [1.165, 1.54) is 6.92 Å². The van der Waals surface area contributed by atoms with Crippen LogP contribution in [0.1, 0.15) is 23.7 Å². The molecule has 2 aromatic rings. The lowest BCUT2D eigenvalue weighted by Gasteiger charge is -2.08. The third-order valence-electron chi connectivity index (χ3n) is 4.21. The molecule has 0 aliphatic heterocycles. The fourth-order valence-electron chi connectivity index (χ4n) is 2.62. The first-order chi connectivity index (χ1) is 12.3. The first-order valence-electron chi connectivity index (χ1n) is 8.03. The molecule has 3 rings (SSSR count). The normalized spacial score (nSPS) is 18.1. The fraction of sp³-hybridized carbons (Fsp3) is 0.211. The molecule has 2 atom stereocenters. The van der Waals surface area contributed by atoms with Crippen molar-refractivity contribution in [1.29, 1.82) is 0 Å². The summed E-state index contributed by atoms with van der Waals surface area (Å²) in [6, 6.07) is 11.4. The standard InChI is InChI=1S/C19H16Cl2N2O3/c1-10(24)11-2-5-13(6-3-11)22-18(25)14-9-15(14)19(26)23-17-8-12(20)4-7-16(17)21/h2-8,14-15H,9H2,1H3,(H,22,25)(H,23,26). The molecule has 0 heterocycles. The number of rotatable bonds is 5. The maximum absolute atomic E-state index is 12.3. The van der Waals surface area contributed by atoms with Gasteiger partial charge in [0.05, 0.1) is 22.5 Å². The molecule has 0 bridgehead atoms. The monoisotopic (exact) mass is 390 g/mol. The number of halogens is 2. The average molecular weight is 391 g/mol. The molecule has 2 aromatic carbocycles. The van der Waals surface area contributed by atoms with E-state index in [-0.39, 0.29) is 23.5 Å². The third-order valence-corrected chi connectivity index (χ3v) is 4.77. The summed E-state index contributed by atoms with van der Waals surface area (Å²) >= 11 is 11.9. The lowest BCUT2D eigenvalue weighted by atomic mass is 10.1. The molecule has 2 amide bonds. The van der Waals surface area contributed by atoms with E-state index in [4.69, 9.17) is 23.2 Å². The molecule has 26 heavy (non-hydrogen) atoms. The Labute approximate surface area is 160 Å². The van der Waals surface area contributed by atoms with E-state index in [0.717, 1.165) is 0 Å². The minimum Gasteiger partial charge on any atom is -0.326 e. The van der Waals surface area contributed by atoms with Crippen molar-refractivity contribution in [2.75, 3.05) is 10.6 Å². The van der Waals surface area contributed by atoms with Gasteiger partial charge >= 0.3 is 0 Å². The Bertz CT molecular complexity index is 881. The van der Waals surface area contributed by atoms with Gasteiger partial charge in [-0.05, 0) is 55.8 Å². The van der Waals surface area contributed by atoms with Crippen LogP contribution in [-0.2, 0) is 9.59 Å². The number of Topliss-reactive ketones (excluding diaryl/α,β-unsaturated/α-hetero) is 1. The molecule has 5 nitrogen and oxygen atoms in total. The van der Waals surface area contributed by atoms with Crippen LogP contribution >= 0.6 is 23.2 Å². The summed E-state index contributed by atoms with van der Waals surface area (Å²) in [5.41, 5.74) is 1.59. The zero-order valence-electron chi connectivity index (χ0n) is 13.9. The van der Waals surface area contributed by atoms with Gasteiger partial charge in [-0.1, -0.05) is 23.2 Å². The Morgan fingerprint density at radius 2 is 1.54 bits per heavy atom. The molecule has 7 heteroatoms. The zero-order chi connectivity index (χ0) is 18.8. The first kappa shape index (κ1) is 18.4. The Morgan fingerprint density at radius 3 is 2.15 bits per heavy atom. The highest BCUT2D eigenvalue weighted by molar-refractivity contribution is 6.35. The van der Waals surface area contributed by atoms with Gasteiger partial charge in [-0.3, -0.25) is 14.4 Å². The summed E-state index contributed by atoms with van der Waals surface area (Å²) in [4.78, 5) is 35.8. The molecule has 1 fully saturated rings. The lowest BCUT2D eigenvalue weighted by molar-refractivity contribution is -0.122. The highest BCUT2D eigenvalue weighted by Crippen LogP contribution is 2.40. The maximum atomic E-state index is 12.3. The van der Waals surface area contributed by atoms with E-state index in [1.807, 2.05) is 0 Å². The van der Waals surface area contributed by atoms with Gasteiger partial charge in [0.1, 0.15) is 0 Å². The summed E-state index contributed by atoms with van der Waals surface area (Å²) in [6.07, 6.45) is 0.474. The van der Waals surface area contributed by atoms with Crippen molar-refractivity contribution in [2.45, 2.75) is 13.3 Å². The molecule has 134 valence electrons. The number of carbonyl (C=O) groups is 3. The van der Waals surface area contributed by atoms with Crippen molar-refractivity contribution in [3.05, 3.63) is 58.1 Å². The van der Waals surface area contributed by atoms with E-state index in [0.29, 0.717) is 33.4 Å². The quantitative estimate of drug-likeness (QED) is 0.742. The van der Waals surface area contributed by atoms with Gasteiger partial charge in [0, 0.05) is 16.3 Å². The molecule has 0 radical (unpaired) electrons. The van der Waals surface area contributed by atoms with Crippen LogP contribution in [0.5, 0.6) is 0 Å². The Morgan fingerprint density at radius 1 is 0.923 bits per heavy atom. The highest BCUT2D eigenvalue weighted by atomic mass is 35.5. The maximum Gasteiger partial charge on any atom is 0.228 e. The summed E-state index contributed by atoms with van der Waals surface area (Å²) in [5.74, 6) is -1.32. The van der Waals surface area contributed by atoms with Gasteiger partial charge in [0.25, 0.3) is 0 Å². The molecule has 0 saturated heterocycles. The van der Waals surface area contributed by atoms with Crippen molar-refractivity contribution in [1.82, 2.24) is 0 Å². The smallest absolute Gasteiger partial charge is 0.228 e. The van der Waals surface area contributed by atoms with Gasteiger partial charge < -0.3 is 10.6 Å². The molecular formula is C19H16Cl2N2O3. The van der Waals surface area contributed by atoms with Crippen LogP contribution in [0.25, 0.3) is 0 Å². The fourth-order valence-corrected chi connectivity index (χ4v) is 2.95. The zero-order valence-corrected chi connectivity index (χ0v) is 15.4. The second kappa shape index (κ2) is 7.48. The van der Waals surface area contributed by atoms with Crippen LogP contribution in [0.15, 0.2) is 42.5 Å². The molecule has 0 spiro atoms. The number of anilines is 2. The predicted octanol–water partition coefficient (Wildman–Crippen LogP) is 4.41. The van der Waals surface area contributed by atoms with Gasteiger partial charge in [-0.25, -0.2) is 0 Å². The number of benzene rings is 2. The second-order valence-corrected chi connectivity index (χ2v) is 7.03. The molecule has 1 aliphatic rings. The number of amides is 2. The van der Waals surface area contributed by atoms with Crippen molar-refractivity contribution >= 4 is 52.2 Å². The van der Waals surface area contributed by atoms with Crippen molar-refractivity contribution in [3.8, 4) is 0 Å². The van der Waals surface area contributed by atoms with Crippen LogP contribution in [-0.4, -0.2) is 17.6 Å². The summed E-state index contributed by atoms with van der Waals surface area (Å²) in [5, 5.41) is 6.32. The van der Waals surface area contributed by atoms with Crippen LogP contribution in [0, 0.1) is 11.8 Å². The Hall–Kier alpha value is -2.37. The van der Waals surface area contributed by atoms with E-state index in [1.54, 1.807) is 42.5 Å². The van der Waals surface area contributed by atoms with E-state index >= 15 is 0 Å². The molecular weight excluding hydrogens is 375 g/mol. The number of ketones is 1. The van der Waals surface area contributed by atoms with Gasteiger partial charge in [-0.2, -0.15) is 0 Å². The van der Waals surface area contributed by atoms with Crippen LogP contribution in [0.2, 0.25) is 10.0 Å². The first-order valence-corrected chi connectivity index (χ1v) is 8.78. The number of carbonyl (C=O) groups excluding carboxylic acids is 3. The third kappa shape index (κ3) is 4.23. The molecule has 2 N–H and O–H groups in total. The minimum atomic E-state index is -0.401. The lowest BCUT2D eigenvalue weighted by Crippen LogP contribution is -2.20. The summed E-state index contributed by atoms with van der Waals surface area (Å²) < 4.78 is 0. The van der Waals surface area contributed by atoms with Crippen molar-refractivity contribution in [2.24, 2.45) is 11.8 Å². The van der Waals surface area contributed by atoms with E-state index in [2.05, 4.69) is 10.6 Å². The molecule has 1 saturated carbocycles. The number of hydrogen-bond donors (Lipinski definition) is 2. The predicted molar refractivity (Wildman–Crippen MR) is 102 cm³/mol. The van der Waals surface area contributed by atoms with Gasteiger partial charge in [0.15, 0.2) is 5.78 Å². The summed E-state index contributed by atoms with van der Waals surface area (Å²) in [6.45, 7) is 1.48. The van der Waals surface area contributed by atoms with Crippen LogP contribution in [0.4, 0.5) is 11.4 Å². The molecule has 0 aromatic heterocycles. The van der Waals surface area contributed by atoms with E-state index < -0.39 is 5.92 Å². The largest absolute Gasteiger partial charge is 0.326 e.